The van der Waals surface area contributed by atoms with Crippen LogP contribution >= 0.6 is 0 Å². The number of carbonyl (C=O) groups excluding carboxylic acids is 2. The maximum atomic E-state index is 12.4. The lowest BCUT2D eigenvalue weighted by atomic mass is 10.1. The first kappa shape index (κ1) is 20.9. The predicted molar refractivity (Wildman–Crippen MR) is 103 cm³/mol. The summed E-state index contributed by atoms with van der Waals surface area (Å²) in [5.41, 5.74) is 0. The summed E-state index contributed by atoms with van der Waals surface area (Å²) >= 11 is 0. The van der Waals surface area contributed by atoms with Crippen LogP contribution in [-0.4, -0.2) is 40.5 Å². The van der Waals surface area contributed by atoms with Crippen LogP contribution < -0.4 is 10.0 Å². The summed E-state index contributed by atoms with van der Waals surface area (Å²) in [6, 6.07) is 12.4. The number of methoxy groups -OCH3 is 1. The van der Waals surface area contributed by atoms with Crippen molar-refractivity contribution in [1.29, 1.82) is 0 Å². The minimum absolute atomic E-state index is 0.0170. The number of amides is 1. The molecule has 0 aliphatic rings. The van der Waals surface area contributed by atoms with E-state index in [-0.39, 0.29) is 29.7 Å². The van der Waals surface area contributed by atoms with E-state index in [1.54, 1.807) is 18.2 Å². The predicted octanol–water partition coefficient (Wildman–Crippen LogP) is 1.97. The number of unbranched alkanes of at least 4 members (excludes halogenated alkanes) is 1. The fraction of sp³-hybridized carbons (Fsp3) is 0.368. The lowest BCUT2D eigenvalue weighted by Crippen LogP contribution is -2.31. The molecule has 2 aromatic rings. The second-order valence-corrected chi connectivity index (χ2v) is 7.81. The Morgan fingerprint density at radius 3 is 2.44 bits per heavy atom. The molecule has 1 amide bonds. The summed E-state index contributed by atoms with van der Waals surface area (Å²) in [4.78, 5) is 22.9. The molecular weight excluding hydrogens is 368 g/mol. The monoisotopic (exact) mass is 392 g/mol. The Kier molecular flexibility index (Phi) is 7.75. The highest BCUT2D eigenvalue weighted by Crippen LogP contribution is 2.18. The summed E-state index contributed by atoms with van der Waals surface area (Å²) in [5.74, 6) is -0.515. The molecule has 2 rings (SSSR count). The number of sulfonamides is 1. The van der Waals surface area contributed by atoms with E-state index in [1.165, 1.54) is 7.11 Å². The third kappa shape index (κ3) is 6.65. The van der Waals surface area contributed by atoms with E-state index >= 15 is 0 Å². The first-order valence-electron chi connectivity index (χ1n) is 8.74. The molecule has 0 spiro atoms. The van der Waals surface area contributed by atoms with E-state index in [4.69, 9.17) is 0 Å². The van der Waals surface area contributed by atoms with Crippen LogP contribution in [0.15, 0.2) is 47.4 Å². The van der Waals surface area contributed by atoms with Crippen molar-refractivity contribution in [3.63, 3.8) is 0 Å². The first-order valence-corrected chi connectivity index (χ1v) is 10.2. The van der Waals surface area contributed by atoms with Gasteiger partial charge in [0.15, 0.2) is 0 Å². The second-order valence-electron chi connectivity index (χ2n) is 6.04. The molecule has 146 valence electrons. The lowest BCUT2D eigenvalue weighted by Gasteiger charge is -2.08. The number of esters is 1. The molecule has 0 aliphatic carbocycles. The number of ether oxygens (including phenoxy) is 1. The Bertz CT molecular complexity index is 896. The SMILES string of the molecule is COC(=O)CCCCNC(=O)CCNS(=O)(=O)c1ccc2ccccc2c1. The number of hydrogen-bond acceptors (Lipinski definition) is 5. The van der Waals surface area contributed by atoms with Crippen molar-refractivity contribution in [1.82, 2.24) is 10.0 Å². The van der Waals surface area contributed by atoms with Gasteiger partial charge in [0.25, 0.3) is 0 Å². The maximum Gasteiger partial charge on any atom is 0.305 e. The first-order chi connectivity index (χ1) is 12.9. The lowest BCUT2D eigenvalue weighted by molar-refractivity contribution is -0.140. The molecule has 2 N–H and O–H groups in total. The summed E-state index contributed by atoms with van der Waals surface area (Å²) in [7, 11) is -2.33. The molecule has 0 unspecified atom stereocenters. The number of carbonyl (C=O) groups is 2. The van der Waals surface area contributed by atoms with Gasteiger partial charge in [0.2, 0.25) is 15.9 Å². The Hall–Kier alpha value is -2.45. The number of rotatable bonds is 10. The third-order valence-electron chi connectivity index (χ3n) is 4.03. The van der Waals surface area contributed by atoms with Crippen LogP contribution in [0.25, 0.3) is 10.8 Å². The largest absolute Gasteiger partial charge is 0.469 e. The molecule has 0 bridgehead atoms. The van der Waals surface area contributed by atoms with Gasteiger partial charge < -0.3 is 10.1 Å². The number of nitrogens with one attached hydrogen (secondary N) is 2. The molecule has 0 heterocycles. The van der Waals surface area contributed by atoms with Crippen LogP contribution in [-0.2, 0) is 24.3 Å². The standard InChI is InChI=1S/C19H24N2O5S/c1-26-19(23)8-4-5-12-20-18(22)11-13-21-27(24,25)17-10-9-15-6-2-3-7-16(15)14-17/h2-3,6-7,9-10,14,21H,4-5,8,11-13H2,1H3,(H,20,22). The van der Waals surface area contributed by atoms with Gasteiger partial charge in [0, 0.05) is 25.9 Å². The molecule has 8 heteroatoms. The number of hydrogen-bond donors (Lipinski definition) is 2. The van der Waals surface area contributed by atoms with Crippen molar-refractivity contribution in [3.05, 3.63) is 42.5 Å². The van der Waals surface area contributed by atoms with Crippen LogP contribution in [0.4, 0.5) is 0 Å². The number of fused-ring (bicyclic) bond motifs is 1. The van der Waals surface area contributed by atoms with E-state index < -0.39 is 10.0 Å². The molecule has 0 saturated carbocycles. The fourth-order valence-corrected chi connectivity index (χ4v) is 3.60. The minimum Gasteiger partial charge on any atom is -0.469 e. The molecule has 0 saturated heterocycles. The van der Waals surface area contributed by atoms with Crippen LogP contribution in [0, 0.1) is 0 Å². The van der Waals surface area contributed by atoms with Gasteiger partial charge in [-0.05, 0) is 35.7 Å². The minimum atomic E-state index is -3.67. The zero-order valence-corrected chi connectivity index (χ0v) is 16.1. The molecule has 0 atom stereocenters. The van der Waals surface area contributed by atoms with Gasteiger partial charge in [-0.15, -0.1) is 0 Å². The van der Waals surface area contributed by atoms with E-state index in [0.717, 1.165) is 10.8 Å². The topological polar surface area (TPSA) is 102 Å². The summed E-state index contributed by atoms with van der Waals surface area (Å²) in [5, 5.41) is 4.50. The molecule has 0 radical (unpaired) electrons. The van der Waals surface area contributed by atoms with Gasteiger partial charge in [-0.2, -0.15) is 0 Å². The summed E-state index contributed by atoms with van der Waals surface area (Å²) < 4.78 is 31.7. The van der Waals surface area contributed by atoms with E-state index in [1.807, 2.05) is 24.3 Å². The molecule has 2 aromatic carbocycles. The van der Waals surface area contributed by atoms with Gasteiger partial charge in [0.05, 0.1) is 12.0 Å². The van der Waals surface area contributed by atoms with E-state index in [2.05, 4.69) is 14.8 Å². The van der Waals surface area contributed by atoms with Crippen molar-refractivity contribution in [2.24, 2.45) is 0 Å². The normalized spacial score (nSPS) is 11.3. The molecule has 0 aromatic heterocycles. The van der Waals surface area contributed by atoms with Crippen LogP contribution in [0.5, 0.6) is 0 Å². The highest BCUT2D eigenvalue weighted by atomic mass is 32.2. The third-order valence-corrected chi connectivity index (χ3v) is 5.49. The average Bonchev–Trinajstić information content (AvgIpc) is 2.67. The second kappa shape index (κ2) is 10.0. The smallest absolute Gasteiger partial charge is 0.305 e. The number of benzene rings is 2. The zero-order valence-electron chi connectivity index (χ0n) is 15.2. The van der Waals surface area contributed by atoms with Crippen molar-refractivity contribution in [3.8, 4) is 0 Å². The Morgan fingerprint density at radius 2 is 1.70 bits per heavy atom. The van der Waals surface area contributed by atoms with Crippen LogP contribution in [0.3, 0.4) is 0 Å². The Labute approximate surface area is 159 Å². The quantitative estimate of drug-likeness (QED) is 0.475. The zero-order chi connectivity index (χ0) is 19.7. The van der Waals surface area contributed by atoms with Gasteiger partial charge in [-0.25, -0.2) is 13.1 Å². The van der Waals surface area contributed by atoms with Gasteiger partial charge in [-0.1, -0.05) is 30.3 Å². The average molecular weight is 392 g/mol. The highest BCUT2D eigenvalue weighted by Gasteiger charge is 2.14. The van der Waals surface area contributed by atoms with Gasteiger partial charge in [-0.3, -0.25) is 9.59 Å². The summed E-state index contributed by atoms with van der Waals surface area (Å²) in [6.07, 6.45) is 1.65. The van der Waals surface area contributed by atoms with Crippen molar-refractivity contribution in [2.45, 2.75) is 30.6 Å². The van der Waals surface area contributed by atoms with Gasteiger partial charge in [0.1, 0.15) is 0 Å². The van der Waals surface area contributed by atoms with Crippen molar-refractivity contribution >= 4 is 32.7 Å². The Balaban J connectivity index is 1.74. The van der Waals surface area contributed by atoms with Crippen molar-refractivity contribution in [2.75, 3.05) is 20.2 Å². The molecule has 7 nitrogen and oxygen atoms in total. The van der Waals surface area contributed by atoms with E-state index in [0.29, 0.717) is 25.8 Å². The van der Waals surface area contributed by atoms with E-state index in [9.17, 15) is 18.0 Å². The Morgan fingerprint density at radius 1 is 0.963 bits per heavy atom. The molecule has 0 fully saturated rings. The van der Waals surface area contributed by atoms with Crippen LogP contribution in [0.2, 0.25) is 0 Å². The fourth-order valence-electron chi connectivity index (χ4n) is 2.53. The van der Waals surface area contributed by atoms with Gasteiger partial charge >= 0.3 is 5.97 Å². The maximum absolute atomic E-state index is 12.4. The molecular formula is C19H24N2O5S. The highest BCUT2D eigenvalue weighted by molar-refractivity contribution is 7.89. The van der Waals surface area contributed by atoms with Crippen molar-refractivity contribution < 1.29 is 22.7 Å². The summed E-state index contributed by atoms with van der Waals surface area (Å²) in [6.45, 7) is 0.455. The van der Waals surface area contributed by atoms with Crippen LogP contribution in [0.1, 0.15) is 25.7 Å². The molecule has 27 heavy (non-hydrogen) atoms. The molecule has 0 aliphatic heterocycles.